The molecule has 0 saturated carbocycles. The number of methoxy groups -OCH3 is 1. The van der Waals surface area contributed by atoms with Crippen molar-refractivity contribution in [3.63, 3.8) is 0 Å². The van der Waals surface area contributed by atoms with Gasteiger partial charge in [-0.15, -0.1) is 0 Å². The fourth-order valence-corrected chi connectivity index (χ4v) is 3.12. The predicted octanol–water partition coefficient (Wildman–Crippen LogP) is 1.36. The van der Waals surface area contributed by atoms with Crippen LogP contribution in [0.4, 0.5) is 4.79 Å². The average molecular weight is 304 g/mol. The Hall–Kier alpha value is -0.950. The highest BCUT2D eigenvalue weighted by Crippen LogP contribution is 2.30. The number of carbonyl (C=O) groups is 2. The van der Waals surface area contributed by atoms with Crippen LogP contribution in [0.1, 0.15) is 20.3 Å². The zero-order valence-corrected chi connectivity index (χ0v) is 13.2. The van der Waals surface area contributed by atoms with Gasteiger partial charge in [0.2, 0.25) is 0 Å². The van der Waals surface area contributed by atoms with Gasteiger partial charge in [-0.1, -0.05) is 13.8 Å². The third kappa shape index (κ3) is 5.58. The van der Waals surface area contributed by atoms with Crippen LogP contribution in [0.15, 0.2) is 0 Å². The minimum atomic E-state index is -1.00. The smallest absolute Gasteiger partial charge is 0.323 e. The molecule has 0 aromatic rings. The van der Waals surface area contributed by atoms with Crippen molar-refractivity contribution in [3.8, 4) is 0 Å². The Morgan fingerprint density at radius 3 is 2.70 bits per heavy atom. The quantitative estimate of drug-likeness (QED) is 0.830. The molecule has 20 heavy (non-hydrogen) atoms. The summed E-state index contributed by atoms with van der Waals surface area (Å²) in [5.41, 5.74) is 0. The molecule has 0 aromatic heterocycles. The second-order valence-corrected chi connectivity index (χ2v) is 7.24. The summed E-state index contributed by atoms with van der Waals surface area (Å²) in [4.78, 5) is 26.4. The van der Waals surface area contributed by atoms with E-state index in [1.807, 2.05) is 11.8 Å². The van der Waals surface area contributed by atoms with Crippen LogP contribution in [0.3, 0.4) is 0 Å². The summed E-state index contributed by atoms with van der Waals surface area (Å²) in [6.45, 7) is 6.03. The molecule has 1 N–H and O–H groups in total. The number of hydrogen-bond acceptors (Lipinski definition) is 4. The molecule has 1 aliphatic heterocycles. The number of rotatable bonds is 5. The monoisotopic (exact) mass is 304 g/mol. The molecule has 0 bridgehead atoms. The fourth-order valence-electron chi connectivity index (χ4n) is 2.02. The Morgan fingerprint density at radius 2 is 2.10 bits per heavy atom. The molecule has 0 atom stereocenters. The Morgan fingerprint density at radius 1 is 1.40 bits per heavy atom. The second-order valence-electron chi connectivity index (χ2n) is 5.44. The highest BCUT2D eigenvalue weighted by molar-refractivity contribution is 8.00. The van der Waals surface area contributed by atoms with Crippen molar-refractivity contribution in [2.45, 2.75) is 25.0 Å². The van der Waals surface area contributed by atoms with Crippen LogP contribution >= 0.6 is 11.8 Å². The molecule has 2 amide bonds. The van der Waals surface area contributed by atoms with Crippen molar-refractivity contribution < 1.29 is 19.4 Å². The van der Waals surface area contributed by atoms with E-state index in [-0.39, 0.29) is 17.3 Å². The standard InChI is InChI=1S/C13H24N2O4S/c1-13(2)4-5-14(7-9-20-13)12(18)15(6-8-19-3)10-11(16)17/h4-10H2,1-3H3,(H,16,17). The summed E-state index contributed by atoms with van der Waals surface area (Å²) in [5.74, 6) is -0.122. The SMILES string of the molecule is COCCN(CC(=O)O)C(=O)N1CCSC(C)(C)CC1. The lowest BCUT2D eigenvalue weighted by molar-refractivity contribution is -0.137. The Bertz CT molecular complexity index is 349. The minimum Gasteiger partial charge on any atom is -0.480 e. The van der Waals surface area contributed by atoms with Gasteiger partial charge in [0.25, 0.3) is 0 Å². The highest BCUT2D eigenvalue weighted by atomic mass is 32.2. The van der Waals surface area contributed by atoms with Crippen molar-refractivity contribution in [2.24, 2.45) is 0 Å². The van der Waals surface area contributed by atoms with E-state index < -0.39 is 5.97 Å². The average Bonchev–Trinajstić information content (AvgIpc) is 2.54. The van der Waals surface area contributed by atoms with Crippen molar-refractivity contribution in [3.05, 3.63) is 0 Å². The molecule has 0 spiro atoms. The number of amides is 2. The van der Waals surface area contributed by atoms with Gasteiger partial charge in [-0.2, -0.15) is 11.8 Å². The summed E-state index contributed by atoms with van der Waals surface area (Å²) in [5, 5.41) is 8.91. The number of aliphatic carboxylic acids is 1. The molecule has 6 nitrogen and oxygen atoms in total. The first kappa shape index (κ1) is 17.1. The van der Waals surface area contributed by atoms with Gasteiger partial charge < -0.3 is 19.6 Å². The van der Waals surface area contributed by atoms with Crippen LogP contribution in [-0.2, 0) is 9.53 Å². The van der Waals surface area contributed by atoms with Crippen LogP contribution in [0.25, 0.3) is 0 Å². The first-order chi connectivity index (χ1) is 9.35. The molecule has 0 aliphatic carbocycles. The zero-order chi connectivity index (χ0) is 15.2. The molecule has 7 heteroatoms. The third-order valence-corrected chi connectivity index (χ3v) is 4.64. The molecule has 1 fully saturated rings. The number of urea groups is 1. The number of nitrogens with zero attached hydrogens (tertiary/aromatic N) is 2. The lowest BCUT2D eigenvalue weighted by Crippen LogP contribution is -2.47. The van der Waals surface area contributed by atoms with E-state index in [2.05, 4.69) is 13.8 Å². The van der Waals surface area contributed by atoms with Crippen LogP contribution in [0, 0.1) is 0 Å². The Balaban J connectivity index is 2.65. The maximum Gasteiger partial charge on any atom is 0.323 e. The second kappa shape index (κ2) is 7.73. The molecule has 0 aromatic carbocycles. The molecule has 0 unspecified atom stereocenters. The van der Waals surface area contributed by atoms with Crippen LogP contribution in [-0.4, -0.2) is 77.3 Å². The molecular formula is C13H24N2O4S. The van der Waals surface area contributed by atoms with Gasteiger partial charge in [0.1, 0.15) is 6.54 Å². The first-order valence-electron chi connectivity index (χ1n) is 6.74. The molecule has 1 saturated heterocycles. The number of hydrogen-bond donors (Lipinski definition) is 1. The van der Waals surface area contributed by atoms with Gasteiger partial charge >= 0.3 is 12.0 Å². The van der Waals surface area contributed by atoms with E-state index in [9.17, 15) is 9.59 Å². The third-order valence-electron chi connectivity index (χ3n) is 3.27. The Labute approximate surface area is 124 Å². The number of carboxylic acid groups (broad SMARTS) is 1. The summed E-state index contributed by atoms with van der Waals surface area (Å²) in [7, 11) is 1.54. The van der Waals surface area contributed by atoms with E-state index in [1.54, 1.807) is 4.90 Å². The molecular weight excluding hydrogens is 280 g/mol. The summed E-state index contributed by atoms with van der Waals surface area (Å²) < 4.78 is 5.11. The van der Waals surface area contributed by atoms with E-state index >= 15 is 0 Å². The number of ether oxygens (including phenoxy) is 1. The lowest BCUT2D eigenvalue weighted by atomic mass is 10.1. The van der Waals surface area contributed by atoms with Gasteiger partial charge in [-0.05, 0) is 6.42 Å². The molecule has 1 heterocycles. The molecule has 1 rings (SSSR count). The van der Waals surface area contributed by atoms with Gasteiger partial charge in [0, 0.05) is 37.2 Å². The van der Waals surface area contributed by atoms with Crippen LogP contribution in [0.2, 0.25) is 0 Å². The fraction of sp³-hybridized carbons (Fsp3) is 0.846. The van der Waals surface area contributed by atoms with E-state index in [0.717, 1.165) is 12.2 Å². The van der Waals surface area contributed by atoms with E-state index in [0.29, 0.717) is 26.2 Å². The van der Waals surface area contributed by atoms with E-state index in [1.165, 1.54) is 12.0 Å². The van der Waals surface area contributed by atoms with Crippen molar-refractivity contribution in [2.75, 3.05) is 45.6 Å². The number of carbonyl (C=O) groups excluding carboxylic acids is 1. The predicted molar refractivity (Wildman–Crippen MR) is 79.2 cm³/mol. The summed E-state index contributed by atoms with van der Waals surface area (Å²) in [6, 6.07) is -0.206. The first-order valence-corrected chi connectivity index (χ1v) is 7.73. The number of carboxylic acids is 1. The largest absolute Gasteiger partial charge is 0.480 e. The van der Waals surface area contributed by atoms with Gasteiger partial charge in [0.05, 0.1) is 6.61 Å². The lowest BCUT2D eigenvalue weighted by Gasteiger charge is -2.29. The van der Waals surface area contributed by atoms with Crippen molar-refractivity contribution in [1.82, 2.24) is 9.80 Å². The maximum atomic E-state index is 12.4. The van der Waals surface area contributed by atoms with Crippen molar-refractivity contribution >= 4 is 23.8 Å². The Kier molecular flexibility index (Phi) is 6.61. The molecule has 0 radical (unpaired) electrons. The normalized spacial score (nSPS) is 18.4. The van der Waals surface area contributed by atoms with Crippen LogP contribution < -0.4 is 0 Å². The van der Waals surface area contributed by atoms with Gasteiger partial charge in [-0.25, -0.2) is 4.79 Å². The maximum absolute atomic E-state index is 12.4. The van der Waals surface area contributed by atoms with Crippen molar-refractivity contribution in [1.29, 1.82) is 0 Å². The molecule has 116 valence electrons. The topological polar surface area (TPSA) is 70.1 Å². The minimum absolute atomic E-state index is 0.166. The van der Waals surface area contributed by atoms with Gasteiger partial charge in [-0.3, -0.25) is 4.79 Å². The van der Waals surface area contributed by atoms with Crippen LogP contribution in [0.5, 0.6) is 0 Å². The summed E-state index contributed by atoms with van der Waals surface area (Å²) >= 11 is 1.85. The molecule has 1 aliphatic rings. The highest BCUT2D eigenvalue weighted by Gasteiger charge is 2.28. The van der Waals surface area contributed by atoms with Gasteiger partial charge in [0.15, 0.2) is 0 Å². The zero-order valence-electron chi connectivity index (χ0n) is 12.4. The number of thioether (sulfide) groups is 1. The summed E-state index contributed by atoms with van der Waals surface area (Å²) in [6.07, 6.45) is 0.911. The van der Waals surface area contributed by atoms with E-state index in [4.69, 9.17) is 9.84 Å².